The molecule has 0 bridgehead atoms. The van der Waals surface area contributed by atoms with Crippen molar-refractivity contribution in [3.05, 3.63) is 53.2 Å². The number of nitrogens with zero attached hydrogens (tertiary/aromatic N) is 1. The maximum atomic E-state index is 10.1. The van der Waals surface area contributed by atoms with Crippen molar-refractivity contribution < 1.29 is 14.6 Å². The minimum absolute atomic E-state index is 0.368. The molecule has 1 N–H and O–H groups in total. The highest BCUT2D eigenvalue weighted by Gasteiger charge is 2.18. The summed E-state index contributed by atoms with van der Waals surface area (Å²) in [5.74, 6) is 1.34. The standard InChI is InChI=1S/C17H19NO3/c1-20-17-7-3-5-13(18-17)11-21-14-9-8-12-4-2-6-16(19)15(12)10-14/h3,5,7-10,16,19H,2,4,6,11H2,1H3/t16-/m1/s1. The summed E-state index contributed by atoms with van der Waals surface area (Å²) in [6.07, 6.45) is 2.53. The van der Waals surface area contributed by atoms with Crippen LogP contribution in [-0.2, 0) is 13.0 Å². The third-order valence-electron chi connectivity index (χ3n) is 3.78. The lowest BCUT2D eigenvalue weighted by Crippen LogP contribution is -2.09. The van der Waals surface area contributed by atoms with Gasteiger partial charge in [-0.25, -0.2) is 4.98 Å². The number of fused-ring (bicyclic) bond motifs is 1. The normalized spacial score (nSPS) is 17.1. The van der Waals surface area contributed by atoms with Crippen LogP contribution in [0.3, 0.4) is 0 Å². The van der Waals surface area contributed by atoms with E-state index >= 15 is 0 Å². The molecular formula is C17H19NO3. The lowest BCUT2D eigenvalue weighted by Gasteiger charge is -2.21. The van der Waals surface area contributed by atoms with Crippen LogP contribution in [0, 0.1) is 0 Å². The zero-order valence-corrected chi connectivity index (χ0v) is 12.1. The molecule has 1 aliphatic rings. The van der Waals surface area contributed by atoms with Crippen LogP contribution in [0.4, 0.5) is 0 Å². The highest BCUT2D eigenvalue weighted by molar-refractivity contribution is 5.38. The topological polar surface area (TPSA) is 51.6 Å². The van der Waals surface area contributed by atoms with E-state index in [1.54, 1.807) is 13.2 Å². The van der Waals surface area contributed by atoms with E-state index < -0.39 is 0 Å². The Kier molecular flexibility index (Phi) is 4.06. The summed E-state index contributed by atoms with van der Waals surface area (Å²) in [5.41, 5.74) is 3.03. The second-order valence-electron chi connectivity index (χ2n) is 5.23. The van der Waals surface area contributed by atoms with Crippen LogP contribution in [0.25, 0.3) is 0 Å². The van der Waals surface area contributed by atoms with Gasteiger partial charge in [-0.2, -0.15) is 0 Å². The van der Waals surface area contributed by atoms with Crippen LogP contribution in [0.2, 0.25) is 0 Å². The Labute approximate surface area is 124 Å². The largest absolute Gasteiger partial charge is 0.487 e. The van der Waals surface area contributed by atoms with E-state index in [4.69, 9.17) is 9.47 Å². The first-order valence-electron chi connectivity index (χ1n) is 7.20. The number of rotatable bonds is 4. The first-order valence-corrected chi connectivity index (χ1v) is 7.20. The van der Waals surface area contributed by atoms with Gasteiger partial charge < -0.3 is 14.6 Å². The molecule has 4 nitrogen and oxygen atoms in total. The molecule has 1 aromatic heterocycles. The Morgan fingerprint density at radius 3 is 3.05 bits per heavy atom. The maximum Gasteiger partial charge on any atom is 0.213 e. The molecule has 0 amide bonds. The SMILES string of the molecule is COc1cccc(COc2ccc3c(c2)[C@H](O)CCC3)n1. The van der Waals surface area contributed by atoms with Crippen molar-refractivity contribution in [1.29, 1.82) is 0 Å². The third kappa shape index (κ3) is 3.16. The molecule has 0 saturated carbocycles. The van der Waals surface area contributed by atoms with Crippen molar-refractivity contribution in [2.45, 2.75) is 32.0 Å². The summed E-state index contributed by atoms with van der Waals surface area (Å²) in [4.78, 5) is 4.31. The van der Waals surface area contributed by atoms with Gasteiger partial charge in [0.25, 0.3) is 0 Å². The molecule has 21 heavy (non-hydrogen) atoms. The second kappa shape index (κ2) is 6.14. The van der Waals surface area contributed by atoms with E-state index in [2.05, 4.69) is 4.98 Å². The van der Waals surface area contributed by atoms with Gasteiger partial charge in [0.15, 0.2) is 0 Å². The number of aryl methyl sites for hydroxylation is 1. The van der Waals surface area contributed by atoms with Crippen molar-refractivity contribution in [2.75, 3.05) is 7.11 Å². The molecule has 0 aliphatic heterocycles. The summed E-state index contributed by atoms with van der Waals surface area (Å²) in [7, 11) is 1.60. The number of benzene rings is 1. The van der Waals surface area contributed by atoms with E-state index in [9.17, 15) is 5.11 Å². The smallest absolute Gasteiger partial charge is 0.213 e. The maximum absolute atomic E-state index is 10.1. The monoisotopic (exact) mass is 285 g/mol. The van der Waals surface area contributed by atoms with Gasteiger partial charge in [0, 0.05) is 6.07 Å². The molecule has 1 heterocycles. The van der Waals surface area contributed by atoms with Crippen molar-refractivity contribution in [3.63, 3.8) is 0 Å². The average Bonchev–Trinajstić information content (AvgIpc) is 2.54. The molecular weight excluding hydrogens is 266 g/mol. The summed E-state index contributed by atoms with van der Waals surface area (Å²) in [6, 6.07) is 11.5. The summed E-state index contributed by atoms with van der Waals surface area (Å²) < 4.78 is 10.9. The highest BCUT2D eigenvalue weighted by Crippen LogP contribution is 2.32. The Balaban J connectivity index is 1.72. The fourth-order valence-corrected chi connectivity index (χ4v) is 2.65. The molecule has 2 aromatic rings. The van der Waals surface area contributed by atoms with Gasteiger partial charge in [-0.1, -0.05) is 12.1 Å². The molecule has 0 radical (unpaired) electrons. The highest BCUT2D eigenvalue weighted by atomic mass is 16.5. The van der Waals surface area contributed by atoms with Crippen LogP contribution in [0.1, 0.15) is 35.8 Å². The molecule has 4 heteroatoms. The van der Waals surface area contributed by atoms with Crippen LogP contribution < -0.4 is 9.47 Å². The molecule has 1 atom stereocenters. The predicted octanol–water partition coefficient (Wildman–Crippen LogP) is 3.04. The van der Waals surface area contributed by atoms with E-state index in [0.717, 1.165) is 36.3 Å². The number of aromatic nitrogens is 1. The first kappa shape index (κ1) is 13.9. The molecule has 0 spiro atoms. The Hall–Kier alpha value is -2.07. The summed E-state index contributed by atoms with van der Waals surface area (Å²) in [6.45, 7) is 0.381. The first-order chi connectivity index (χ1) is 10.3. The van der Waals surface area contributed by atoms with E-state index in [-0.39, 0.29) is 6.10 Å². The fourth-order valence-electron chi connectivity index (χ4n) is 2.65. The van der Waals surface area contributed by atoms with Crippen molar-refractivity contribution in [1.82, 2.24) is 4.98 Å². The number of hydrogen-bond donors (Lipinski definition) is 1. The number of aliphatic hydroxyl groups excluding tert-OH is 1. The van der Waals surface area contributed by atoms with E-state index in [1.807, 2.05) is 30.3 Å². The van der Waals surface area contributed by atoms with Gasteiger partial charge in [0.2, 0.25) is 5.88 Å². The molecule has 3 rings (SSSR count). The van der Waals surface area contributed by atoms with Crippen molar-refractivity contribution >= 4 is 0 Å². The Bertz CT molecular complexity index is 627. The number of methoxy groups -OCH3 is 1. The predicted molar refractivity (Wildman–Crippen MR) is 79.5 cm³/mol. The minimum Gasteiger partial charge on any atom is -0.487 e. The van der Waals surface area contributed by atoms with Crippen LogP contribution in [0.5, 0.6) is 11.6 Å². The number of ether oxygens (including phenoxy) is 2. The minimum atomic E-state index is -0.368. The van der Waals surface area contributed by atoms with Gasteiger partial charge in [-0.15, -0.1) is 0 Å². The fraction of sp³-hybridized carbons (Fsp3) is 0.353. The lowest BCUT2D eigenvalue weighted by atomic mass is 9.89. The number of hydrogen-bond acceptors (Lipinski definition) is 4. The molecule has 0 saturated heterocycles. The van der Waals surface area contributed by atoms with Crippen LogP contribution in [-0.4, -0.2) is 17.2 Å². The van der Waals surface area contributed by atoms with E-state index in [1.165, 1.54) is 5.56 Å². The Morgan fingerprint density at radius 2 is 2.19 bits per heavy atom. The van der Waals surface area contributed by atoms with Gasteiger partial charge in [-0.3, -0.25) is 0 Å². The van der Waals surface area contributed by atoms with Gasteiger partial charge >= 0.3 is 0 Å². The third-order valence-corrected chi connectivity index (χ3v) is 3.78. The number of pyridine rings is 1. The molecule has 110 valence electrons. The molecule has 0 fully saturated rings. The number of aliphatic hydroxyl groups is 1. The van der Waals surface area contributed by atoms with E-state index in [0.29, 0.717) is 12.5 Å². The molecule has 0 unspecified atom stereocenters. The zero-order valence-electron chi connectivity index (χ0n) is 12.1. The second-order valence-corrected chi connectivity index (χ2v) is 5.23. The van der Waals surface area contributed by atoms with Gasteiger partial charge in [0.05, 0.1) is 18.9 Å². The lowest BCUT2D eigenvalue weighted by molar-refractivity contribution is 0.156. The van der Waals surface area contributed by atoms with Crippen molar-refractivity contribution in [2.24, 2.45) is 0 Å². The molecule has 1 aromatic carbocycles. The zero-order chi connectivity index (χ0) is 14.7. The summed E-state index contributed by atoms with van der Waals surface area (Å²) >= 11 is 0. The van der Waals surface area contributed by atoms with Gasteiger partial charge in [-0.05, 0) is 48.6 Å². The summed E-state index contributed by atoms with van der Waals surface area (Å²) in [5, 5.41) is 10.1. The molecule has 1 aliphatic carbocycles. The van der Waals surface area contributed by atoms with Crippen LogP contribution in [0.15, 0.2) is 36.4 Å². The Morgan fingerprint density at radius 1 is 1.29 bits per heavy atom. The van der Waals surface area contributed by atoms with Gasteiger partial charge in [0.1, 0.15) is 12.4 Å². The quantitative estimate of drug-likeness (QED) is 0.938. The van der Waals surface area contributed by atoms with Crippen molar-refractivity contribution in [3.8, 4) is 11.6 Å². The van der Waals surface area contributed by atoms with Crippen LogP contribution >= 0.6 is 0 Å². The average molecular weight is 285 g/mol.